The number of hydrogen-bond acceptors (Lipinski definition) is 5. The molecular formula is C21H26N2O5S. The number of hydrogen-bond donors (Lipinski definition) is 0. The average molecular weight is 419 g/mol. The van der Waals surface area contributed by atoms with Gasteiger partial charge in [-0.05, 0) is 49.2 Å². The van der Waals surface area contributed by atoms with Crippen LogP contribution in [-0.4, -0.2) is 63.9 Å². The van der Waals surface area contributed by atoms with Crippen molar-refractivity contribution in [2.45, 2.75) is 17.7 Å². The fraction of sp³-hybridized carbons (Fsp3) is 0.381. The standard InChI is InChI=1S/C21H26N2O5S/c1-22(15-16-28-20-8-4-3-7-19(20)27-2)21(24)17-9-11-18(12-10-17)29(25,26)23-13-5-6-14-23/h3-4,7-12H,5-6,13-16H2,1-2H3. The molecule has 1 aliphatic heterocycles. The highest BCUT2D eigenvalue weighted by Crippen LogP contribution is 2.25. The molecule has 0 N–H and O–H groups in total. The number of nitrogens with zero attached hydrogens (tertiary/aromatic N) is 2. The molecule has 8 heteroatoms. The highest BCUT2D eigenvalue weighted by molar-refractivity contribution is 7.89. The maximum absolute atomic E-state index is 12.6. The van der Waals surface area contributed by atoms with Crippen LogP contribution in [0.25, 0.3) is 0 Å². The van der Waals surface area contributed by atoms with Crippen molar-refractivity contribution in [1.29, 1.82) is 0 Å². The first-order valence-electron chi connectivity index (χ1n) is 9.55. The molecular weight excluding hydrogens is 392 g/mol. The number of amides is 1. The highest BCUT2D eigenvalue weighted by Gasteiger charge is 2.27. The monoisotopic (exact) mass is 418 g/mol. The number of ether oxygens (including phenoxy) is 2. The van der Waals surface area contributed by atoms with Crippen LogP contribution in [0.15, 0.2) is 53.4 Å². The fourth-order valence-corrected chi connectivity index (χ4v) is 4.72. The third-order valence-electron chi connectivity index (χ3n) is 4.90. The molecule has 0 radical (unpaired) electrons. The summed E-state index contributed by atoms with van der Waals surface area (Å²) in [5.41, 5.74) is 0.435. The summed E-state index contributed by atoms with van der Waals surface area (Å²) in [4.78, 5) is 14.4. The Kier molecular flexibility index (Phi) is 6.76. The molecule has 2 aromatic rings. The van der Waals surface area contributed by atoms with Crippen LogP contribution in [-0.2, 0) is 10.0 Å². The first-order chi connectivity index (χ1) is 13.9. The lowest BCUT2D eigenvalue weighted by molar-refractivity contribution is 0.0773. The Morgan fingerprint density at radius 1 is 1.03 bits per heavy atom. The van der Waals surface area contributed by atoms with Crippen LogP contribution in [0.4, 0.5) is 0 Å². The minimum atomic E-state index is -3.48. The van der Waals surface area contributed by atoms with E-state index in [1.54, 1.807) is 37.3 Å². The lowest BCUT2D eigenvalue weighted by atomic mass is 10.2. The minimum absolute atomic E-state index is 0.196. The van der Waals surface area contributed by atoms with Crippen LogP contribution in [0.2, 0.25) is 0 Å². The Labute approximate surface area is 171 Å². The van der Waals surface area contributed by atoms with E-state index in [4.69, 9.17) is 9.47 Å². The van der Waals surface area contributed by atoms with Crippen molar-refractivity contribution in [3.8, 4) is 11.5 Å². The molecule has 1 saturated heterocycles. The molecule has 1 heterocycles. The van der Waals surface area contributed by atoms with Gasteiger partial charge in [0.1, 0.15) is 6.61 Å². The second-order valence-corrected chi connectivity index (χ2v) is 8.80. The summed E-state index contributed by atoms with van der Waals surface area (Å²) in [6.07, 6.45) is 1.77. The van der Waals surface area contributed by atoms with Gasteiger partial charge in [-0.3, -0.25) is 4.79 Å². The Bertz CT molecular complexity index is 938. The Balaban J connectivity index is 1.58. The molecule has 3 rings (SSSR count). The molecule has 0 saturated carbocycles. The van der Waals surface area contributed by atoms with Crippen molar-refractivity contribution >= 4 is 15.9 Å². The molecule has 156 valence electrons. The lowest BCUT2D eigenvalue weighted by Crippen LogP contribution is -2.31. The minimum Gasteiger partial charge on any atom is -0.493 e. The van der Waals surface area contributed by atoms with E-state index >= 15 is 0 Å². The van der Waals surface area contributed by atoms with E-state index in [2.05, 4.69) is 0 Å². The van der Waals surface area contributed by atoms with Gasteiger partial charge in [-0.1, -0.05) is 12.1 Å². The van der Waals surface area contributed by atoms with Gasteiger partial charge < -0.3 is 14.4 Å². The Morgan fingerprint density at radius 3 is 2.28 bits per heavy atom. The molecule has 0 atom stereocenters. The Hall–Kier alpha value is -2.58. The quantitative estimate of drug-likeness (QED) is 0.659. The third kappa shape index (κ3) is 4.89. The van der Waals surface area contributed by atoms with Crippen LogP contribution < -0.4 is 9.47 Å². The number of methoxy groups -OCH3 is 1. The zero-order valence-electron chi connectivity index (χ0n) is 16.7. The van der Waals surface area contributed by atoms with Gasteiger partial charge in [-0.25, -0.2) is 8.42 Å². The average Bonchev–Trinajstić information content (AvgIpc) is 3.29. The molecule has 1 aliphatic rings. The predicted octanol–water partition coefficient (Wildman–Crippen LogP) is 2.63. The smallest absolute Gasteiger partial charge is 0.253 e. The molecule has 29 heavy (non-hydrogen) atoms. The van der Waals surface area contributed by atoms with Gasteiger partial charge in [0.2, 0.25) is 10.0 Å². The number of sulfonamides is 1. The van der Waals surface area contributed by atoms with Crippen LogP contribution in [0.5, 0.6) is 11.5 Å². The largest absolute Gasteiger partial charge is 0.493 e. The SMILES string of the molecule is COc1ccccc1OCCN(C)C(=O)c1ccc(S(=O)(=O)N2CCCC2)cc1. The van der Waals surface area contributed by atoms with Gasteiger partial charge in [0, 0.05) is 25.7 Å². The van der Waals surface area contributed by atoms with Gasteiger partial charge in [0.25, 0.3) is 5.91 Å². The van der Waals surface area contributed by atoms with Crippen molar-refractivity contribution in [2.24, 2.45) is 0 Å². The second-order valence-electron chi connectivity index (χ2n) is 6.86. The third-order valence-corrected chi connectivity index (χ3v) is 6.82. The molecule has 7 nitrogen and oxygen atoms in total. The molecule has 0 bridgehead atoms. The summed E-state index contributed by atoms with van der Waals surface area (Å²) >= 11 is 0. The lowest BCUT2D eigenvalue weighted by Gasteiger charge is -2.19. The first-order valence-corrected chi connectivity index (χ1v) is 11.0. The summed E-state index contributed by atoms with van der Waals surface area (Å²) in [7, 11) is -0.218. The molecule has 1 fully saturated rings. The van der Waals surface area contributed by atoms with E-state index in [1.165, 1.54) is 16.4 Å². The molecule has 0 unspecified atom stereocenters. The van der Waals surface area contributed by atoms with Gasteiger partial charge in [-0.15, -0.1) is 0 Å². The van der Waals surface area contributed by atoms with E-state index in [-0.39, 0.29) is 10.8 Å². The first kappa shape index (κ1) is 21.1. The van der Waals surface area contributed by atoms with E-state index in [0.29, 0.717) is 43.3 Å². The molecule has 2 aromatic carbocycles. The normalized spacial score (nSPS) is 14.6. The highest BCUT2D eigenvalue weighted by atomic mass is 32.2. The Morgan fingerprint density at radius 2 is 1.66 bits per heavy atom. The second kappa shape index (κ2) is 9.28. The predicted molar refractivity (Wildman–Crippen MR) is 110 cm³/mol. The molecule has 0 aliphatic carbocycles. The number of carbonyl (C=O) groups excluding carboxylic acids is 1. The van der Waals surface area contributed by atoms with Gasteiger partial charge >= 0.3 is 0 Å². The summed E-state index contributed by atoms with van der Waals surface area (Å²) < 4.78 is 37.6. The van der Waals surface area contributed by atoms with E-state index < -0.39 is 10.0 Å². The van der Waals surface area contributed by atoms with Gasteiger partial charge in [0.05, 0.1) is 18.6 Å². The fourth-order valence-electron chi connectivity index (χ4n) is 3.20. The van der Waals surface area contributed by atoms with Crippen LogP contribution in [0.1, 0.15) is 23.2 Å². The van der Waals surface area contributed by atoms with Crippen molar-refractivity contribution in [2.75, 3.05) is 40.4 Å². The zero-order valence-corrected chi connectivity index (χ0v) is 17.5. The number of carbonyl (C=O) groups is 1. The summed E-state index contributed by atoms with van der Waals surface area (Å²) in [5, 5.41) is 0. The van der Waals surface area contributed by atoms with Gasteiger partial charge in [0.15, 0.2) is 11.5 Å². The van der Waals surface area contributed by atoms with E-state index in [0.717, 1.165) is 12.8 Å². The summed E-state index contributed by atoms with van der Waals surface area (Å²) in [5.74, 6) is 1.06. The van der Waals surface area contributed by atoms with Gasteiger partial charge in [-0.2, -0.15) is 4.31 Å². The topological polar surface area (TPSA) is 76.1 Å². The summed E-state index contributed by atoms with van der Waals surface area (Å²) in [6, 6.07) is 13.4. The number of para-hydroxylation sites is 2. The van der Waals surface area contributed by atoms with E-state index in [1.807, 2.05) is 18.2 Å². The van der Waals surface area contributed by atoms with Crippen molar-refractivity contribution in [1.82, 2.24) is 9.21 Å². The number of benzene rings is 2. The number of likely N-dealkylation sites (N-methyl/N-ethyl adjacent to an activating group) is 1. The van der Waals surface area contributed by atoms with Crippen molar-refractivity contribution < 1.29 is 22.7 Å². The van der Waals surface area contributed by atoms with E-state index in [9.17, 15) is 13.2 Å². The van der Waals surface area contributed by atoms with Crippen molar-refractivity contribution in [3.63, 3.8) is 0 Å². The van der Waals surface area contributed by atoms with Crippen LogP contribution in [0, 0.1) is 0 Å². The summed E-state index contributed by atoms with van der Waals surface area (Å²) in [6.45, 7) is 1.80. The molecule has 0 spiro atoms. The van der Waals surface area contributed by atoms with Crippen molar-refractivity contribution in [3.05, 3.63) is 54.1 Å². The van der Waals surface area contributed by atoms with Crippen LogP contribution >= 0.6 is 0 Å². The van der Waals surface area contributed by atoms with Crippen LogP contribution in [0.3, 0.4) is 0 Å². The maximum Gasteiger partial charge on any atom is 0.253 e. The molecule has 1 amide bonds. The maximum atomic E-state index is 12.6. The number of rotatable bonds is 8. The zero-order chi connectivity index (χ0) is 20.9. The molecule has 0 aromatic heterocycles.